The van der Waals surface area contributed by atoms with Crippen molar-refractivity contribution in [3.63, 3.8) is 0 Å². The fourth-order valence-corrected chi connectivity index (χ4v) is 27.2. The van der Waals surface area contributed by atoms with Gasteiger partial charge in [0.25, 0.3) is 0 Å². The van der Waals surface area contributed by atoms with E-state index in [4.69, 9.17) is 0 Å². The van der Waals surface area contributed by atoms with E-state index >= 15 is 0 Å². The first-order valence-electron chi connectivity index (χ1n) is 19.8. The molecular weight excluding hydrogens is 480 g/mol. The molecule has 4 spiro atoms. The van der Waals surface area contributed by atoms with Crippen LogP contribution in [0.5, 0.6) is 0 Å². The Balaban J connectivity index is 0.721. The second-order valence-electron chi connectivity index (χ2n) is 22.5. The van der Waals surface area contributed by atoms with E-state index in [-0.39, 0.29) is 0 Å². The number of fused-ring (bicyclic) bond motifs is 23. The largest absolute Gasteiger partial charge is 0.0496 e. The number of rotatable bonds is 0. The van der Waals surface area contributed by atoms with Gasteiger partial charge in [0.2, 0.25) is 0 Å². The molecule has 32 unspecified atom stereocenters. The summed E-state index contributed by atoms with van der Waals surface area (Å²) >= 11 is 0. The molecule has 0 saturated heterocycles. The molecule has 0 aliphatic heterocycles. The standard InChI is InChI=1S/C40H44/c1-3-37-27-10(1)8-12(27)28(37)22-17-15-16(20(17)29(22)37)18-21(15)30-23(18)31-24-19-25-32(24)38(30,31)5-6-40-34(25)26(19)36(40)35-14-11-7-9-2-4-39(35,40)33(14)13(9)11/h9-36H,1-8H2. The zero-order valence-electron chi connectivity index (χ0n) is 23.8. The number of hydrogen-bond donors (Lipinski definition) is 0. The fraction of sp³-hybridized carbons (Fsp3) is 1.00. The Kier molecular flexibility index (Phi) is 1.89. The second-order valence-corrected chi connectivity index (χ2v) is 22.5. The normalized spacial score (nSPS) is 99.6. The number of hydrogen-bond acceptors (Lipinski definition) is 0. The summed E-state index contributed by atoms with van der Waals surface area (Å²) in [4.78, 5) is 0. The lowest BCUT2D eigenvalue weighted by Gasteiger charge is -3.05. The minimum atomic E-state index is 0.972. The zero-order chi connectivity index (χ0) is 23.8. The highest BCUT2D eigenvalue weighted by Crippen LogP contribution is 3.09. The molecule has 0 nitrogen and oxygen atoms in total. The smallest absolute Gasteiger partial charge is 0.0167 e. The van der Waals surface area contributed by atoms with Crippen molar-refractivity contribution in [2.75, 3.05) is 0 Å². The van der Waals surface area contributed by atoms with Crippen molar-refractivity contribution in [1.29, 1.82) is 0 Å². The summed E-state index contributed by atoms with van der Waals surface area (Å²) in [7, 11) is 0. The molecule has 19 fully saturated rings. The van der Waals surface area contributed by atoms with Crippen LogP contribution in [0.3, 0.4) is 0 Å². The molecule has 32 atom stereocenters. The molecule has 0 heteroatoms. The summed E-state index contributed by atoms with van der Waals surface area (Å²) in [5.74, 6) is 36.5. The SMILES string of the molecule is C1CC23C4C5C1CC5C4C2C1C2C4C5C6C7C8C9C(C%10C9C9C%10C%10C%11CC%12CCC%109C%12%11)C8C7C67CCC13C2C4C57. The maximum Gasteiger partial charge on any atom is -0.0167 e. The minimum absolute atomic E-state index is 0.972. The predicted octanol–water partition coefficient (Wildman–Crippen LogP) is 6.56. The van der Waals surface area contributed by atoms with Crippen LogP contribution >= 0.6 is 0 Å². The van der Waals surface area contributed by atoms with Crippen LogP contribution in [0.1, 0.15) is 51.4 Å². The highest BCUT2D eigenvalue weighted by molar-refractivity contribution is 5.52. The molecule has 0 bridgehead atoms. The fourth-order valence-electron chi connectivity index (χ4n) is 27.2. The van der Waals surface area contributed by atoms with Crippen molar-refractivity contribution in [2.24, 2.45) is 187 Å². The maximum atomic E-state index is 1.81. The third-order valence-electron chi connectivity index (χ3n) is 25.9. The van der Waals surface area contributed by atoms with E-state index in [0.29, 0.717) is 0 Å². The van der Waals surface area contributed by atoms with Gasteiger partial charge in [0.15, 0.2) is 0 Å². The van der Waals surface area contributed by atoms with Gasteiger partial charge in [-0.15, -0.1) is 0 Å². The highest BCUT2D eigenvalue weighted by Gasteiger charge is 3.05. The minimum Gasteiger partial charge on any atom is -0.0496 e. The Morgan fingerprint density at radius 3 is 1.70 bits per heavy atom. The third kappa shape index (κ3) is 0.967. The quantitative estimate of drug-likeness (QED) is 0.315. The maximum absolute atomic E-state index is 1.81. The summed E-state index contributed by atoms with van der Waals surface area (Å²) in [5.41, 5.74) is 3.93. The molecule has 0 aromatic carbocycles. The lowest BCUT2D eigenvalue weighted by Crippen LogP contribution is -3.01. The van der Waals surface area contributed by atoms with Crippen molar-refractivity contribution >= 4 is 0 Å². The van der Waals surface area contributed by atoms with Gasteiger partial charge >= 0.3 is 0 Å². The summed E-state index contributed by atoms with van der Waals surface area (Å²) in [6, 6.07) is 0. The molecule has 19 aliphatic rings. The average molecular weight is 525 g/mol. The molecule has 19 aliphatic carbocycles. The lowest BCUT2D eigenvalue weighted by molar-refractivity contribution is -0.584. The van der Waals surface area contributed by atoms with E-state index in [2.05, 4.69) is 0 Å². The Labute approximate surface area is 238 Å². The summed E-state index contributed by atoms with van der Waals surface area (Å²) in [6.45, 7) is 0. The molecule has 0 radical (unpaired) electrons. The first-order chi connectivity index (χ1) is 19.8. The van der Waals surface area contributed by atoms with Gasteiger partial charge < -0.3 is 0 Å². The highest BCUT2D eigenvalue weighted by atomic mass is 15.1. The van der Waals surface area contributed by atoms with Crippen LogP contribution in [0.2, 0.25) is 0 Å². The van der Waals surface area contributed by atoms with Crippen LogP contribution in [-0.4, -0.2) is 0 Å². The first-order valence-corrected chi connectivity index (χ1v) is 19.8. The van der Waals surface area contributed by atoms with E-state index in [9.17, 15) is 0 Å². The van der Waals surface area contributed by atoms with Crippen LogP contribution in [0.15, 0.2) is 0 Å². The van der Waals surface area contributed by atoms with Gasteiger partial charge in [0.05, 0.1) is 0 Å². The predicted molar refractivity (Wildman–Crippen MR) is 144 cm³/mol. The Morgan fingerprint density at radius 2 is 0.850 bits per heavy atom. The van der Waals surface area contributed by atoms with Gasteiger partial charge in [-0.05, 0) is 239 Å². The molecule has 0 amide bonds. The monoisotopic (exact) mass is 524 g/mol. The van der Waals surface area contributed by atoms with Crippen molar-refractivity contribution in [3.05, 3.63) is 0 Å². The second kappa shape index (κ2) is 4.19. The van der Waals surface area contributed by atoms with Crippen LogP contribution in [-0.2, 0) is 0 Å². The van der Waals surface area contributed by atoms with Gasteiger partial charge in [0, 0.05) is 0 Å². The van der Waals surface area contributed by atoms with Crippen molar-refractivity contribution in [3.8, 4) is 0 Å². The van der Waals surface area contributed by atoms with Gasteiger partial charge in [-0.1, -0.05) is 0 Å². The van der Waals surface area contributed by atoms with Gasteiger partial charge in [-0.25, -0.2) is 0 Å². The van der Waals surface area contributed by atoms with Crippen LogP contribution in [0.25, 0.3) is 0 Å². The average Bonchev–Trinajstić information content (AvgIpc) is 3.11. The van der Waals surface area contributed by atoms with Gasteiger partial charge in [0.1, 0.15) is 0 Å². The van der Waals surface area contributed by atoms with Gasteiger partial charge in [-0.3, -0.25) is 0 Å². The Hall–Kier alpha value is 0. The topological polar surface area (TPSA) is 0 Å². The van der Waals surface area contributed by atoms with Crippen molar-refractivity contribution in [1.82, 2.24) is 0 Å². The summed E-state index contributed by atoms with van der Waals surface area (Å²) in [5, 5.41) is 0. The zero-order valence-corrected chi connectivity index (χ0v) is 23.8. The Bertz CT molecular complexity index is 1590. The van der Waals surface area contributed by atoms with E-state index in [1.54, 1.807) is 38.5 Å². The van der Waals surface area contributed by atoms with E-state index < -0.39 is 0 Å². The molecule has 40 heavy (non-hydrogen) atoms. The molecule has 0 aromatic heterocycles. The van der Waals surface area contributed by atoms with E-state index in [1.165, 1.54) is 166 Å². The van der Waals surface area contributed by atoms with Crippen LogP contribution < -0.4 is 0 Å². The summed E-state index contributed by atoms with van der Waals surface area (Å²) < 4.78 is 0. The Morgan fingerprint density at radius 1 is 0.300 bits per heavy atom. The van der Waals surface area contributed by atoms with E-state index in [0.717, 1.165) is 21.7 Å². The van der Waals surface area contributed by atoms with Crippen molar-refractivity contribution < 1.29 is 0 Å². The molecule has 0 aromatic rings. The lowest BCUT2D eigenvalue weighted by atomic mass is 8.99. The molecule has 204 valence electrons. The van der Waals surface area contributed by atoms with Crippen molar-refractivity contribution in [2.45, 2.75) is 51.4 Å². The van der Waals surface area contributed by atoms with E-state index in [1.807, 2.05) is 12.8 Å². The molecular formula is C40H44. The molecule has 19 saturated carbocycles. The van der Waals surface area contributed by atoms with Gasteiger partial charge in [-0.2, -0.15) is 0 Å². The van der Waals surface area contributed by atoms with Crippen LogP contribution in [0.4, 0.5) is 0 Å². The molecule has 19 rings (SSSR count). The third-order valence-corrected chi connectivity index (χ3v) is 25.9. The summed E-state index contributed by atoms with van der Waals surface area (Å²) in [6.07, 6.45) is 13.9. The first kappa shape index (κ1) is 18.1. The molecule has 0 heterocycles. The van der Waals surface area contributed by atoms with Crippen LogP contribution in [0, 0.1) is 187 Å². The molecule has 0 N–H and O–H groups in total.